The normalized spacial score (nSPS) is 31.0. The van der Waals surface area contributed by atoms with E-state index in [0.29, 0.717) is 30.1 Å². The van der Waals surface area contributed by atoms with E-state index in [9.17, 15) is 15.0 Å². The molecule has 31 heavy (non-hydrogen) atoms. The van der Waals surface area contributed by atoms with Crippen molar-refractivity contribution in [2.75, 3.05) is 13.1 Å². The summed E-state index contributed by atoms with van der Waals surface area (Å²) in [6.07, 6.45) is 18.3. The summed E-state index contributed by atoms with van der Waals surface area (Å²) >= 11 is 0. The first-order chi connectivity index (χ1) is 15.0. The van der Waals surface area contributed by atoms with Gasteiger partial charge in [0.05, 0.1) is 12.2 Å². The molecule has 3 aliphatic carbocycles. The molecule has 176 valence electrons. The molecule has 0 aromatic carbocycles. The fourth-order valence-electron chi connectivity index (χ4n) is 6.26. The molecule has 0 aromatic heterocycles. The van der Waals surface area contributed by atoms with Crippen molar-refractivity contribution in [1.29, 1.82) is 0 Å². The van der Waals surface area contributed by atoms with Crippen molar-refractivity contribution in [3.05, 3.63) is 23.8 Å². The van der Waals surface area contributed by atoms with Gasteiger partial charge in [0, 0.05) is 25.4 Å². The smallest absolute Gasteiger partial charge is 0.222 e. The van der Waals surface area contributed by atoms with E-state index in [1.165, 1.54) is 18.4 Å². The van der Waals surface area contributed by atoms with Crippen molar-refractivity contribution in [3.8, 4) is 0 Å². The molecule has 0 radical (unpaired) electrons. The van der Waals surface area contributed by atoms with Crippen LogP contribution >= 0.6 is 0 Å². The second-order valence-electron chi connectivity index (χ2n) is 10.3. The summed E-state index contributed by atoms with van der Waals surface area (Å²) < 4.78 is 0. The van der Waals surface area contributed by atoms with Crippen LogP contribution in [0.4, 0.5) is 0 Å². The molecular formula is C27H45NO3. The Morgan fingerprint density at radius 2 is 1.87 bits per heavy atom. The van der Waals surface area contributed by atoms with Gasteiger partial charge >= 0.3 is 0 Å². The maximum atomic E-state index is 12.4. The number of hydrogen-bond donors (Lipinski definition) is 2. The van der Waals surface area contributed by atoms with Crippen molar-refractivity contribution in [3.63, 3.8) is 0 Å². The van der Waals surface area contributed by atoms with E-state index in [0.717, 1.165) is 70.9 Å². The summed E-state index contributed by atoms with van der Waals surface area (Å²) in [5.41, 5.74) is 1.52. The Hall–Kier alpha value is -1.13. The Morgan fingerprint density at radius 3 is 2.55 bits per heavy atom. The molecule has 0 aliphatic heterocycles. The average Bonchev–Trinajstić information content (AvgIpc) is 3.46. The van der Waals surface area contributed by atoms with E-state index in [4.69, 9.17) is 0 Å². The third kappa shape index (κ3) is 6.68. The molecule has 3 fully saturated rings. The third-order valence-electron chi connectivity index (χ3n) is 7.89. The van der Waals surface area contributed by atoms with Crippen LogP contribution < -0.4 is 0 Å². The van der Waals surface area contributed by atoms with Gasteiger partial charge in [-0.25, -0.2) is 0 Å². The molecular weight excluding hydrogens is 386 g/mol. The van der Waals surface area contributed by atoms with Gasteiger partial charge in [0.15, 0.2) is 0 Å². The van der Waals surface area contributed by atoms with Crippen molar-refractivity contribution in [1.82, 2.24) is 4.90 Å². The van der Waals surface area contributed by atoms with Crippen LogP contribution in [0.5, 0.6) is 0 Å². The average molecular weight is 432 g/mol. The number of unbranched alkanes of at least 4 members (excludes halogenated alkanes) is 1. The molecule has 0 heterocycles. The van der Waals surface area contributed by atoms with Crippen LogP contribution in [0.25, 0.3) is 0 Å². The lowest BCUT2D eigenvalue weighted by Gasteiger charge is -2.21. The van der Waals surface area contributed by atoms with Crippen LogP contribution in [0, 0.1) is 23.7 Å². The van der Waals surface area contributed by atoms with Gasteiger partial charge in [-0.1, -0.05) is 50.5 Å². The minimum atomic E-state index is -0.345. The van der Waals surface area contributed by atoms with Crippen LogP contribution in [0.15, 0.2) is 23.8 Å². The first kappa shape index (κ1) is 24.5. The van der Waals surface area contributed by atoms with Crippen LogP contribution in [0.1, 0.15) is 90.9 Å². The molecule has 0 spiro atoms. The van der Waals surface area contributed by atoms with Crippen molar-refractivity contribution in [2.24, 2.45) is 23.7 Å². The van der Waals surface area contributed by atoms with E-state index in [-0.39, 0.29) is 18.1 Å². The molecule has 4 nitrogen and oxygen atoms in total. The second-order valence-corrected chi connectivity index (χ2v) is 10.3. The highest BCUT2D eigenvalue weighted by molar-refractivity contribution is 5.76. The minimum Gasteiger partial charge on any atom is -0.392 e. The molecule has 0 aromatic rings. The summed E-state index contributed by atoms with van der Waals surface area (Å²) in [6.45, 7) is 6.02. The molecule has 0 unspecified atom stereocenters. The predicted octanol–water partition coefficient (Wildman–Crippen LogP) is 5.25. The molecule has 3 rings (SSSR count). The first-order valence-corrected chi connectivity index (χ1v) is 13.0. The van der Waals surface area contributed by atoms with Gasteiger partial charge in [-0.15, -0.1) is 0 Å². The molecule has 1 amide bonds. The van der Waals surface area contributed by atoms with Crippen LogP contribution in [-0.4, -0.2) is 46.3 Å². The number of amides is 1. The Morgan fingerprint density at radius 1 is 1.16 bits per heavy atom. The Balaban J connectivity index is 1.45. The van der Waals surface area contributed by atoms with Gasteiger partial charge in [-0.05, 0) is 75.5 Å². The summed E-state index contributed by atoms with van der Waals surface area (Å²) in [4.78, 5) is 14.4. The number of rotatable bonds is 11. The molecule has 3 saturated carbocycles. The van der Waals surface area contributed by atoms with E-state index < -0.39 is 0 Å². The third-order valence-corrected chi connectivity index (χ3v) is 7.89. The van der Waals surface area contributed by atoms with Crippen molar-refractivity contribution >= 4 is 5.91 Å². The van der Waals surface area contributed by atoms with Gasteiger partial charge in [0.2, 0.25) is 5.91 Å². The van der Waals surface area contributed by atoms with Crippen LogP contribution in [-0.2, 0) is 4.79 Å². The highest BCUT2D eigenvalue weighted by atomic mass is 16.3. The van der Waals surface area contributed by atoms with E-state index in [1.807, 2.05) is 11.0 Å². The summed E-state index contributed by atoms with van der Waals surface area (Å²) in [6, 6.07) is 0. The lowest BCUT2D eigenvalue weighted by Crippen LogP contribution is -2.32. The maximum Gasteiger partial charge on any atom is 0.222 e. The molecule has 2 N–H and O–H groups in total. The highest BCUT2D eigenvalue weighted by Crippen LogP contribution is 2.50. The zero-order valence-corrected chi connectivity index (χ0v) is 19.8. The monoisotopic (exact) mass is 431 g/mol. The number of hydrogen-bond acceptors (Lipinski definition) is 3. The summed E-state index contributed by atoms with van der Waals surface area (Å²) in [7, 11) is 0. The Kier molecular flexibility index (Phi) is 9.65. The van der Waals surface area contributed by atoms with Crippen molar-refractivity contribution in [2.45, 2.75) is 103 Å². The number of carbonyl (C=O) groups is 1. The summed E-state index contributed by atoms with van der Waals surface area (Å²) in [5.74, 6) is 1.99. The maximum absolute atomic E-state index is 12.4. The zero-order valence-electron chi connectivity index (χ0n) is 19.8. The summed E-state index contributed by atoms with van der Waals surface area (Å²) in [5, 5.41) is 21.1. The SMILES string of the molecule is CCCN(CCC)C(=O)CCC/C=C1\C[C@H]2C[C@@H](O)[C@H](/C=C/[C@@H](O)C3CCCC3)[C@H]2C1. The van der Waals surface area contributed by atoms with Gasteiger partial charge < -0.3 is 15.1 Å². The molecule has 0 bridgehead atoms. The first-order valence-electron chi connectivity index (χ1n) is 13.0. The van der Waals surface area contributed by atoms with E-state index in [2.05, 4.69) is 26.0 Å². The van der Waals surface area contributed by atoms with Gasteiger partial charge in [-0.3, -0.25) is 4.79 Å². The number of aliphatic hydroxyl groups is 2. The predicted molar refractivity (Wildman–Crippen MR) is 127 cm³/mol. The van der Waals surface area contributed by atoms with E-state index >= 15 is 0 Å². The molecule has 4 heteroatoms. The zero-order chi connectivity index (χ0) is 22.2. The van der Waals surface area contributed by atoms with Gasteiger partial charge in [-0.2, -0.15) is 0 Å². The Labute approximate surface area is 189 Å². The van der Waals surface area contributed by atoms with Gasteiger partial charge in [0.25, 0.3) is 0 Å². The number of nitrogens with zero attached hydrogens (tertiary/aromatic N) is 1. The number of aliphatic hydroxyl groups excluding tert-OH is 2. The van der Waals surface area contributed by atoms with E-state index in [1.54, 1.807) is 0 Å². The lowest BCUT2D eigenvalue weighted by molar-refractivity contribution is -0.131. The largest absolute Gasteiger partial charge is 0.392 e. The topological polar surface area (TPSA) is 60.8 Å². The quantitative estimate of drug-likeness (QED) is 0.347. The minimum absolute atomic E-state index is 0.185. The number of carbonyl (C=O) groups excluding carboxylic acids is 1. The Bertz CT molecular complexity index is 616. The lowest BCUT2D eigenvalue weighted by atomic mass is 9.89. The highest BCUT2D eigenvalue weighted by Gasteiger charge is 2.45. The molecule has 5 atom stereocenters. The van der Waals surface area contributed by atoms with Crippen LogP contribution in [0.2, 0.25) is 0 Å². The number of allylic oxidation sites excluding steroid dienone is 2. The van der Waals surface area contributed by atoms with Gasteiger partial charge in [0.1, 0.15) is 0 Å². The standard InChI is InChI=1S/C27H45NO3/c1-3-15-28(16-4-2)27(31)12-8-5-9-20-17-22-19-26(30)23(24(22)18-20)13-14-25(29)21-10-6-7-11-21/h9,13-14,21-26,29-30H,3-8,10-12,15-19H2,1-2H3/b14-13+,20-9+/t22-,23+,24-,25+,26+/m0/s1. The van der Waals surface area contributed by atoms with Crippen LogP contribution in [0.3, 0.4) is 0 Å². The fourth-order valence-corrected chi connectivity index (χ4v) is 6.26. The van der Waals surface area contributed by atoms with Crippen molar-refractivity contribution < 1.29 is 15.0 Å². The molecule has 0 saturated heterocycles. The second kappa shape index (κ2) is 12.2. The number of fused-ring (bicyclic) bond motifs is 1. The molecule has 3 aliphatic rings. The fraction of sp³-hybridized carbons (Fsp3) is 0.815.